The van der Waals surface area contributed by atoms with Crippen molar-refractivity contribution in [2.75, 3.05) is 0 Å². The highest BCUT2D eigenvalue weighted by Gasteiger charge is 2.32. The molecule has 0 bridgehead atoms. The molecule has 0 aliphatic carbocycles. The van der Waals surface area contributed by atoms with Crippen LogP contribution in [0.3, 0.4) is 0 Å². The number of carbonyl (C=O) groups is 1. The highest BCUT2D eigenvalue weighted by atomic mass is 16.5. The third kappa shape index (κ3) is 1.99. The van der Waals surface area contributed by atoms with Crippen molar-refractivity contribution < 1.29 is 13.9 Å². The van der Waals surface area contributed by atoms with Gasteiger partial charge in [-0.25, -0.2) is 4.79 Å². The molecule has 1 aliphatic heterocycles. The van der Waals surface area contributed by atoms with Gasteiger partial charge < -0.3 is 15.0 Å². The third-order valence-corrected chi connectivity index (χ3v) is 3.12. The summed E-state index contributed by atoms with van der Waals surface area (Å²) in [4.78, 5) is 11.7. The summed E-state index contributed by atoms with van der Waals surface area (Å²) in [6, 6.07) is 10.8. The Hall–Kier alpha value is -2.56. The van der Waals surface area contributed by atoms with E-state index in [0.717, 1.165) is 5.56 Å². The summed E-state index contributed by atoms with van der Waals surface area (Å²) in [6.07, 6.45) is 1.58. The van der Waals surface area contributed by atoms with Gasteiger partial charge in [-0.15, -0.1) is 0 Å². The number of nitrogens with zero attached hydrogens (tertiary/aromatic N) is 1. The lowest BCUT2D eigenvalue weighted by Gasteiger charge is -2.10. The Morgan fingerprint density at radius 3 is 2.84 bits per heavy atom. The monoisotopic (exact) mass is 256 g/mol. The zero-order valence-corrected chi connectivity index (χ0v) is 10.1. The maximum atomic E-state index is 11.7. The smallest absolute Gasteiger partial charge is 0.339 e. The second kappa shape index (κ2) is 4.61. The van der Waals surface area contributed by atoms with Crippen LogP contribution in [-0.2, 0) is 4.74 Å². The Morgan fingerprint density at radius 2 is 2.11 bits per heavy atom. The number of benzene rings is 1. The van der Waals surface area contributed by atoms with Crippen LogP contribution >= 0.6 is 0 Å². The molecule has 0 fully saturated rings. The largest absolute Gasteiger partial charge is 0.463 e. The van der Waals surface area contributed by atoms with E-state index in [1.165, 1.54) is 0 Å². The fraction of sp³-hybridized carbons (Fsp3) is 0.143. The van der Waals surface area contributed by atoms with Crippen molar-refractivity contribution in [2.45, 2.75) is 12.5 Å². The zero-order chi connectivity index (χ0) is 13.2. The average molecular weight is 256 g/mol. The summed E-state index contributed by atoms with van der Waals surface area (Å²) < 4.78 is 10.6. The number of nitrogens with two attached hydrogens (primary N) is 1. The predicted molar refractivity (Wildman–Crippen MR) is 68.6 cm³/mol. The molecule has 3 rings (SSSR count). The zero-order valence-electron chi connectivity index (χ0n) is 10.1. The van der Waals surface area contributed by atoms with Crippen LogP contribution in [0.15, 0.2) is 52.2 Å². The minimum absolute atomic E-state index is 0.309. The van der Waals surface area contributed by atoms with Crippen molar-refractivity contribution in [2.24, 2.45) is 10.9 Å². The summed E-state index contributed by atoms with van der Waals surface area (Å²) in [6.45, 7) is 0. The molecule has 96 valence electrons. The Balaban J connectivity index is 1.88. The van der Waals surface area contributed by atoms with Gasteiger partial charge in [0.15, 0.2) is 0 Å². The van der Waals surface area contributed by atoms with Crippen LogP contribution < -0.4 is 5.84 Å². The van der Waals surface area contributed by atoms with Gasteiger partial charge in [0.1, 0.15) is 17.6 Å². The van der Waals surface area contributed by atoms with Crippen LogP contribution in [0.5, 0.6) is 0 Å². The minimum atomic E-state index is -0.365. The number of esters is 1. The molecule has 1 aromatic heterocycles. The van der Waals surface area contributed by atoms with Gasteiger partial charge in [-0.1, -0.05) is 18.2 Å². The molecule has 19 heavy (non-hydrogen) atoms. The van der Waals surface area contributed by atoms with E-state index < -0.39 is 0 Å². The number of ether oxygens (including phenoxy) is 1. The van der Waals surface area contributed by atoms with Crippen molar-refractivity contribution in [1.82, 2.24) is 0 Å². The topological polar surface area (TPSA) is 77.8 Å². The number of rotatable bonds is 3. The first-order valence-corrected chi connectivity index (χ1v) is 5.90. The van der Waals surface area contributed by atoms with E-state index in [2.05, 4.69) is 5.10 Å². The Morgan fingerprint density at radius 1 is 1.26 bits per heavy atom. The van der Waals surface area contributed by atoms with Gasteiger partial charge in [0, 0.05) is 12.0 Å². The van der Waals surface area contributed by atoms with Gasteiger partial charge in [0.25, 0.3) is 0 Å². The molecule has 1 aromatic carbocycles. The van der Waals surface area contributed by atoms with Crippen LogP contribution in [-0.4, -0.2) is 11.7 Å². The van der Waals surface area contributed by atoms with E-state index in [9.17, 15) is 4.79 Å². The predicted octanol–water partition coefficient (Wildman–Crippen LogP) is 2.24. The lowest BCUT2D eigenvalue weighted by Crippen LogP contribution is -2.10. The van der Waals surface area contributed by atoms with Crippen molar-refractivity contribution in [3.63, 3.8) is 0 Å². The molecule has 2 heterocycles. The molecule has 2 N–H and O–H groups in total. The maximum Gasteiger partial charge on any atom is 0.339 e. The minimum Gasteiger partial charge on any atom is -0.463 e. The number of cyclic esters (lactones) is 1. The fourth-order valence-corrected chi connectivity index (χ4v) is 2.21. The molecule has 0 saturated carbocycles. The van der Waals surface area contributed by atoms with Crippen molar-refractivity contribution in [3.8, 4) is 0 Å². The van der Waals surface area contributed by atoms with Gasteiger partial charge in [0.05, 0.1) is 11.8 Å². The first-order chi connectivity index (χ1) is 9.29. The van der Waals surface area contributed by atoms with Crippen LogP contribution in [0.2, 0.25) is 0 Å². The standard InChI is InChI=1S/C14H12N2O3/c15-16-11(12-6-3-7-18-12)8-13-9-4-1-2-5-10(9)14(17)19-13/h1-7,13H,8,15H2/b16-11-. The molecule has 5 nitrogen and oxygen atoms in total. The van der Waals surface area contributed by atoms with Gasteiger partial charge in [-0.05, 0) is 18.2 Å². The second-order valence-corrected chi connectivity index (χ2v) is 4.24. The third-order valence-electron chi connectivity index (χ3n) is 3.12. The van der Waals surface area contributed by atoms with Crippen LogP contribution in [0, 0.1) is 0 Å². The van der Waals surface area contributed by atoms with E-state index in [-0.39, 0.29) is 12.1 Å². The van der Waals surface area contributed by atoms with Gasteiger partial charge in [-0.2, -0.15) is 5.10 Å². The molecular formula is C14H12N2O3. The molecule has 1 atom stereocenters. The first-order valence-electron chi connectivity index (χ1n) is 5.90. The van der Waals surface area contributed by atoms with Crippen molar-refractivity contribution in [1.29, 1.82) is 0 Å². The molecule has 0 spiro atoms. The average Bonchev–Trinajstić information content (AvgIpc) is 3.06. The van der Waals surface area contributed by atoms with Crippen molar-refractivity contribution in [3.05, 3.63) is 59.5 Å². The molecule has 5 heteroatoms. The molecule has 0 amide bonds. The summed E-state index contributed by atoms with van der Waals surface area (Å²) in [5, 5.41) is 3.72. The SMILES string of the molecule is N/N=C(/CC1OC(=O)c2ccccc21)c1ccco1. The summed E-state index contributed by atoms with van der Waals surface area (Å²) >= 11 is 0. The second-order valence-electron chi connectivity index (χ2n) is 4.24. The van der Waals surface area contributed by atoms with E-state index in [0.29, 0.717) is 23.5 Å². The number of fused-ring (bicyclic) bond motifs is 1. The Labute approximate surface area is 109 Å². The van der Waals surface area contributed by atoms with E-state index in [4.69, 9.17) is 15.0 Å². The quantitative estimate of drug-likeness (QED) is 0.395. The molecule has 2 aromatic rings. The number of hydrogen-bond acceptors (Lipinski definition) is 5. The normalized spacial score (nSPS) is 18.2. The summed E-state index contributed by atoms with van der Waals surface area (Å²) in [7, 11) is 0. The summed E-state index contributed by atoms with van der Waals surface area (Å²) in [5.74, 6) is 5.66. The molecule has 1 aliphatic rings. The molecule has 1 unspecified atom stereocenters. The maximum absolute atomic E-state index is 11.7. The van der Waals surface area contributed by atoms with Crippen molar-refractivity contribution >= 4 is 11.7 Å². The van der Waals surface area contributed by atoms with E-state index in [1.54, 1.807) is 24.5 Å². The lowest BCUT2D eigenvalue weighted by molar-refractivity contribution is 0.0400. The van der Waals surface area contributed by atoms with E-state index >= 15 is 0 Å². The number of hydrazone groups is 1. The Kier molecular flexibility index (Phi) is 2.79. The van der Waals surface area contributed by atoms with Gasteiger partial charge in [-0.3, -0.25) is 0 Å². The Bertz CT molecular complexity index is 632. The molecular weight excluding hydrogens is 244 g/mol. The number of hydrogen-bond donors (Lipinski definition) is 1. The molecule has 0 radical (unpaired) electrons. The highest BCUT2D eigenvalue weighted by Crippen LogP contribution is 2.33. The highest BCUT2D eigenvalue weighted by molar-refractivity contribution is 6.00. The summed E-state index contributed by atoms with van der Waals surface area (Å²) in [5.41, 5.74) is 2.03. The lowest BCUT2D eigenvalue weighted by atomic mass is 10.0. The number of furan rings is 1. The van der Waals surface area contributed by atoms with Crippen LogP contribution in [0.4, 0.5) is 0 Å². The van der Waals surface area contributed by atoms with Gasteiger partial charge >= 0.3 is 5.97 Å². The first kappa shape index (κ1) is 11.5. The molecule has 0 saturated heterocycles. The van der Waals surface area contributed by atoms with Crippen LogP contribution in [0.1, 0.15) is 34.2 Å². The fourth-order valence-electron chi connectivity index (χ4n) is 2.21. The van der Waals surface area contributed by atoms with Crippen LogP contribution in [0.25, 0.3) is 0 Å². The van der Waals surface area contributed by atoms with Gasteiger partial charge in [0.2, 0.25) is 0 Å². The van der Waals surface area contributed by atoms with E-state index in [1.807, 2.05) is 18.2 Å². The number of carbonyl (C=O) groups excluding carboxylic acids is 1.